The van der Waals surface area contributed by atoms with E-state index in [-0.39, 0.29) is 0 Å². The summed E-state index contributed by atoms with van der Waals surface area (Å²) in [6.07, 6.45) is 0. The number of aromatic nitrogens is 2. The third-order valence-electron chi connectivity index (χ3n) is 8.68. The van der Waals surface area contributed by atoms with Crippen LogP contribution in [-0.4, -0.2) is 9.13 Å². The fraction of sp³-hybridized carbons (Fsp3) is 0.0500. The molecule has 0 spiro atoms. The number of para-hydroxylation sites is 2. The maximum atomic E-state index is 10.1. The molecular weight excluding hydrogens is 536 g/mol. The lowest BCUT2D eigenvalue weighted by atomic mass is 9.97. The minimum atomic E-state index is 0.562. The van der Waals surface area contributed by atoms with E-state index in [1.165, 1.54) is 32.7 Å². The van der Waals surface area contributed by atoms with Crippen molar-refractivity contribution in [1.82, 2.24) is 9.13 Å². The molecule has 4 nitrogen and oxygen atoms in total. The van der Waals surface area contributed by atoms with Gasteiger partial charge in [0, 0.05) is 32.7 Å². The molecule has 4 heteroatoms. The van der Waals surface area contributed by atoms with Crippen LogP contribution in [0.2, 0.25) is 0 Å². The molecule has 8 rings (SSSR count). The van der Waals surface area contributed by atoms with Crippen LogP contribution in [-0.2, 0) is 0 Å². The van der Waals surface area contributed by atoms with Gasteiger partial charge in [-0.1, -0.05) is 60.7 Å². The second-order valence-electron chi connectivity index (χ2n) is 11.4. The van der Waals surface area contributed by atoms with Crippen molar-refractivity contribution in [1.29, 1.82) is 10.5 Å². The molecule has 0 amide bonds. The number of nitrogens with zero attached hydrogens (tertiary/aromatic N) is 4. The summed E-state index contributed by atoms with van der Waals surface area (Å²) in [5.74, 6) is 0. The lowest BCUT2D eigenvalue weighted by Crippen LogP contribution is -2.02. The lowest BCUT2D eigenvalue weighted by molar-refractivity contribution is 1.15. The molecule has 0 bridgehead atoms. The number of fused-ring (bicyclic) bond motifs is 6. The molecule has 0 saturated heterocycles. The standard InChI is InChI=1S/C40H26N4/c1-25-11-15-31-29-7-3-5-9-35(29)43(39(31)19-25)37-17-13-27(23-41)21-33(37)34-22-28(24-42)14-18-38(34)44-36-10-6-4-8-30(36)32-16-12-26(2)20-40(32)44/h3-22H,1-2H3. The van der Waals surface area contributed by atoms with Gasteiger partial charge in [0.05, 0.1) is 56.7 Å². The normalized spacial score (nSPS) is 11.4. The van der Waals surface area contributed by atoms with Crippen molar-refractivity contribution in [3.63, 3.8) is 0 Å². The number of benzene rings is 6. The largest absolute Gasteiger partial charge is 0.309 e. The fourth-order valence-corrected chi connectivity index (χ4v) is 6.71. The maximum Gasteiger partial charge on any atom is 0.0991 e. The Morgan fingerprint density at radius 1 is 0.432 bits per heavy atom. The summed E-state index contributed by atoms with van der Waals surface area (Å²) < 4.78 is 4.60. The van der Waals surface area contributed by atoms with E-state index in [0.29, 0.717) is 11.1 Å². The average molecular weight is 563 g/mol. The van der Waals surface area contributed by atoms with E-state index in [9.17, 15) is 10.5 Å². The molecular formula is C40H26N4. The van der Waals surface area contributed by atoms with Crippen LogP contribution < -0.4 is 0 Å². The van der Waals surface area contributed by atoms with E-state index in [2.05, 4.69) is 120 Å². The second-order valence-corrected chi connectivity index (χ2v) is 11.4. The van der Waals surface area contributed by atoms with Gasteiger partial charge in [0.2, 0.25) is 0 Å². The Kier molecular flexibility index (Phi) is 5.66. The summed E-state index contributed by atoms with van der Waals surface area (Å²) in [6.45, 7) is 4.22. The summed E-state index contributed by atoms with van der Waals surface area (Å²) in [6, 6.07) is 46.5. The van der Waals surface area contributed by atoms with Gasteiger partial charge in [-0.15, -0.1) is 0 Å². The van der Waals surface area contributed by atoms with Gasteiger partial charge >= 0.3 is 0 Å². The van der Waals surface area contributed by atoms with Crippen LogP contribution in [0.1, 0.15) is 22.3 Å². The fourth-order valence-electron chi connectivity index (χ4n) is 6.71. The highest BCUT2D eigenvalue weighted by atomic mass is 15.0. The lowest BCUT2D eigenvalue weighted by Gasteiger charge is -2.19. The number of nitriles is 2. The number of hydrogen-bond donors (Lipinski definition) is 0. The highest BCUT2D eigenvalue weighted by Crippen LogP contribution is 2.41. The summed E-state index contributed by atoms with van der Waals surface area (Å²) in [5.41, 5.74) is 11.5. The Morgan fingerprint density at radius 3 is 1.27 bits per heavy atom. The van der Waals surface area contributed by atoms with E-state index < -0.39 is 0 Å². The molecule has 8 aromatic rings. The highest BCUT2D eigenvalue weighted by Gasteiger charge is 2.21. The van der Waals surface area contributed by atoms with E-state index >= 15 is 0 Å². The smallest absolute Gasteiger partial charge is 0.0991 e. The maximum absolute atomic E-state index is 10.1. The molecule has 206 valence electrons. The second kappa shape index (κ2) is 9.73. The number of aryl methyl sites for hydroxylation is 2. The molecule has 2 aromatic heterocycles. The quantitative estimate of drug-likeness (QED) is 0.215. The Hall–Kier alpha value is -6.10. The molecule has 0 aliphatic heterocycles. The van der Waals surface area contributed by atoms with Crippen LogP contribution in [0.5, 0.6) is 0 Å². The first-order chi connectivity index (χ1) is 21.6. The number of hydrogen-bond acceptors (Lipinski definition) is 2. The van der Waals surface area contributed by atoms with Gasteiger partial charge < -0.3 is 9.13 Å². The van der Waals surface area contributed by atoms with Gasteiger partial charge in [-0.05, 0) is 85.6 Å². The minimum absolute atomic E-state index is 0.562. The zero-order valence-electron chi connectivity index (χ0n) is 24.3. The average Bonchev–Trinajstić information content (AvgIpc) is 3.55. The van der Waals surface area contributed by atoms with E-state index in [0.717, 1.165) is 44.6 Å². The van der Waals surface area contributed by atoms with Crippen molar-refractivity contribution in [3.05, 3.63) is 144 Å². The zero-order chi connectivity index (χ0) is 29.9. The first-order valence-corrected chi connectivity index (χ1v) is 14.6. The van der Waals surface area contributed by atoms with E-state index in [4.69, 9.17) is 0 Å². The zero-order valence-corrected chi connectivity index (χ0v) is 24.3. The first-order valence-electron chi connectivity index (χ1n) is 14.6. The molecule has 0 N–H and O–H groups in total. The molecule has 44 heavy (non-hydrogen) atoms. The van der Waals surface area contributed by atoms with Crippen LogP contribution in [0.3, 0.4) is 0 Å². The van der Waals surface area contributed by atoms with Gasteiger partial charge in [0.15, 0.2) is 0 Å². The Balaban J connectivity index is 1.53. The van der Waals surface area contributed by atoms with Gasteiger partial charge in [0.25, 0.3) is 0 Å². The van der Waals surface area contributed by atoms with Gasteiger partial charge in [-0.25, -0.2) is 0 Å². The first kappa shape index (κ1) is 25.6. The topological polar surface area (TPSA) is 57.4 Å². The third kappa shape index (κ3) is 3.76. The molecule has 0 radical (unpaired) electrons. The van der Waals surface area contributed by atoms with Crippen molar-refractivity contribution in [3.8, 4) is 34.6 Å². The van der Waals surface area contributed by atoms with Gasteiger partial charge in [-0.3, -0.25) is 0 Å². The SMILES string of the molecule is Cc1ccc2c3ccccc3n(-c3ccc(C#N)cc3-c3cc(C#N)ccc3-n3c4ccccc4c4ccc(C)cc43)c2c1. The molecule has 2 heterocycles. The van der Waals surface area contributed by atoms with E-state index in [1.807, 2.05) is 36.4 Å². The predicted molar refractivity (Wildman–Crippen MR) is 179 cm³/mol. The predicted octanol–water partition coefficient (Wildman–Crippen LogP) is 9.91. The monoisotopic (exact) mass is 562 g/mol. The van der Waals surface area contributed by atoms with Crippen molar-refractivity contribution in [2.75, 3.05) is 0 Å². The molecule has 0 fully saturated rings. The van der Waals surface area contributed by atoms with Crippen LogP contribution in [0.25, 0.3) is 66.1 Å². The van der Waals surface area contributed by atoms with E-state index in [1.54, 1.807) is 0 Å². The molecule has 0 aliphatic rings. The molecule has 6 aromatic carbocycles. The summed E-state index contributed by atoms with van der Waals surface area (Å²) in [4.78, 5) is 0. The molecule has 0 atom stereocenters. The van der Waals surface area contributed by atoms with Crippen molar-refractivity contribution in [2.24, 2.45) is 0 Å². The molecule has 0 saturated carbocycles. The number of rotatable bonds is 3. The van der Waals surface area contributed by atoms with Crippen molar-refractivity contribution < 1.29 is 0 Å². The van der Waals surface area contributed by atoms with Crippen LogP contribution in [0, 0.1) is 36.5 Å². The molecule has 0 aliphatic carbocycles. The summed E-state index contributed by atoms with van der Waals surface area (Å²) in [5, 5.41) is 24.8. The highest BCUT2D eigenvalue weighted by molar-refractivity contribution is 6.11. The molecule has 0 unspecified atom stereocenters. The summed E-state index contributed by atoms with van der Waals surface area (Å²) in [7, 11) is 0. The minimum Gasteiger partial charge on any atom is -0.309 e. The Labute approximate surface area is 254 Å². The van der Waals surface area contributed by atoms with Gasteiger partial charge in [0.1, 0.15) is 0 Å². The Morgan fingerprint density at radius 2 is 0.841 bits per heavy atom. The third-order valence-corrected chi connectivity index (χ3v) is 8.68. The van der Waals surface area contributed by atoms with Crippen LogP contribution in [0.4, 0.5) is 0 Å². The van der Waals surface area contributed by atoms with Crippen molar-refractivity contribution in [2.45, 2.75) is 13.8 Å². The van der Waals surface area contributed by atoms with Crippen LogP contribution in [0.15, 0.2) is 121 Å². The summed E-state index contributed by atoms with van der Waals surface area (Å²) >= 11 is 0. The van der Waals surface area contributed by atoms with Crippen molar-refractivity contribution >= 4 is 43.6 Å². The Bertz CT molecular complexity index is 2370. The van der Waals surface area contributed by atoms with Gasteiger partial charge in [-0.2, -0.15) is 10.5 Å². The van der Waals surface area contributed by atoms with Crippen LogP contribution >= 0.6 is 0 Å².